The maximum atomic E-state index is 13.5. The lowest BCUT2D eigenvalue weighted by Crippen LogP contribution is -2.17. The lowest BCUT2D eigenvalue weighted by atomic mass is 10.2. The zero-order valence-corrected chi connectivity index (χ0v) is 10.6. The van der Waals surface area contributed by atoms with E-state index in [1.807, 2.05) is 0 Å². The van der Waals surface area contributed by atoms with Crippen LogP contribution in [-0.4, -0.2) is 16.1 Å². The van der Waals surface area contributed by atoms with Gasteiger partial charge in [0, 0.05) is 6.07 Å². The Morgan fingerprint density at radius 1 is 1.25 bits per heavy atom. The smallest absolute Gasteiger partial charge is 0.276 e. The highest BCUT2D eigenvalue weighted by atomic mass is 35.5. The van der Waals surface area contributed by atoms with E-state index in [4.69, 9.17) is 17.4 Å². The Morgan fingerprint density at radius 2 is 2.00 bits per heavy atom. The third-order valence-electron chi connectivity index (χ3n) is 2.29. The van der Waals surface area contributed by atoms with Gasteiger partial charge in [-0.15, -0.1) is 10.2 Å². The van der Waals surface area contributed by atoms with Crippen molar-refractivity contribution in [2.45, 2.75) is 0 Å². The van der Waals surface area contributed by atoms with Gasteiger partial charge in [-0.1, -0.05) is 11.6 Å². The molecular formula is C11H8ClF2N5O. The number of carbonyl (C=O) groups is 1. The Kier molecular flexibility index (Phi) is 4.06. The van der Waals surface area contributed by atoms with Crippen LogP contribution in [0.1, 0.15) is 10.5 Å². The molecule has 0 saturated heterocycles. The van der Waals surface area contributed by atoms with Crippen molar-refractivity contribution in [3.05, 3.63) is 46.6 Å². The molecule has 6 nitrogen and oxygen atoms in total. The van der Waals surface area contributed by atoms with Crippen molar-refractivity contribution in [1.82, 2.24) is 10.2 Å². The highest BCUT2D eigenvalue weighted by Gasteiger charge is 2.15. The van der Waals surface area contributed by atoms with Crippen LogP contribution in [0.4, 0.5) is 20.3 Å². The molecule has 9 heteroatoms. The molecule has 0 atom stereocenters. The van der Waals surface area contributed by atoms with Gasteiger partial charge in [0.2, 0.25) is 0 Å². The minimum atomic E-state index is -0.989. The van der Waals surface area contributed by atoms with Crippen LogP contribution in [0.25, 0.3) is 0 Å². The molecule has 1 heterocycles. The second-order valence-corrected chi connectivity index (χ2v) is 4.05. The van der Waals surface area contributed by atoms with Crippen LogP contribution < -0.4 is 16.6 Å². The molecule has 2 aromatic rings. The lowest BCUT2D eigenvalue weighted by molar-refractivity contribution is 0.102. The maximum absolute atomic E-state index is 13.5. The van der Waals surface area contributed by atoms with E-state index in [2.05, 4.69) is 20.9 Å². The van der Waals surface area contributed by atoms with E-state index in [0.29, 0.717) is 6.07 Å². The molecule has 20 heavy (non-hydrogen) atoms. The standard InChI is InChI=1S/C11H8ClF2N5O/c12-6-3-5(13)4-7(14)10(6)16-11(20)8-1-2-9(17-15)19-18-8/h1-4H,15H2,(H,16,20)(H,17,19). The van der Waals surface area contributed by atoms with E-state index >= 15 is 0 Å². The number of anilines is 2. The van der Waals surface area contributed by atoms with Crippen LogP contribution >= 0.6 is 11.6 Å². The molecule has 1 aromatic carbocycles. The van der Waals surface area contributed by atoms with E-state index in [9.17, 15) is 13.6 Å². The summed E-state index contributed by atoms with van der Waals surface area (Å²) in [6.45, 7) is 0. The van der Waals surface area contributed by atoms with Gasteiger partial charge >= 0.3 is 0 Å². The Hall–Kier alpha value is -2.32. The van der Waals surface area contributed by atoms with Crippen LogP contribution in [0.3, 0.4) is 0 Å². The van der Waals surface area contributed by atoms with Gasteiger partial charge in [0.1, 0.15) is 5.82 Å². The van der Waals surface area contributed by atoms with Crippen molar-refractivity contribution in [1.29, 1.82) is 0 Å². The van der Waals surface area contributed by atoms with Gasteiger partial charge in [0.15, 0.2) is 17.3 Å². The van der Waals surface area contributed by atoms with Gasteiger partial charge in [-0.2, -0.15) is 0 Å². The zero-order valence-electron chi connectivity index (χ0n) is 9.82. The summed E-state index contributed by atoms with van der Waals surface area (Å²) < 4.78 is 26.4. The van der Waals surface area contributed by atoms with E-state index < -0.39 is 17.5 Å². The van der Waals surface area contributed by atoms with Gasteiger partial charge in [-0.05, 0) is 18.2 Å². The monoisotopic (exact) mass is 299 g/mol. The number of rotatable bonds is 3. The molecule has 1 aromatic heterocycles. The fraction of sp³-hybridized carbons (Fsp3) is 0. The number of hydrogen-bond acceptors (Lipinski definition) is 5. The van der Waals surface area contributed by atoms with Crippen molar-refractivity contribution in [2.75, 3.05) is 10.7 Å². The normalized spacial score (nSPS) is 10.2. The molecule has 0 unspecified atom stereocenters. The van der Waals surface area contributed by atoms with Gasteiger partial charge in [-0.3, -0.25) is 4.79 Å². The predicted octanol–water partition coefficient (Wildman–Crippen LogP) is 1.95. The third kappa shape index (κ3) is 2.98. The Bertz CT molecular complexity index is 627. The summed E-state index contributed by atoms with van der Waals surface area (Å²) in [6.07, 6.45) is 0. The molecule has 0 saturated carbocycles. The molecule has 104 valence electrons. The average Bonchev–Trinajstić information content (AvgIpc) is 2.42. The number of aromatic nitrogens is 2. The molecule has 4 N–H and O–H groups in total. The second-order valence-electron chi connectivity index (χ2n) is 3.65. The van der Waals surface area contributed by atoms with Crippen LogP contribution in [0, 0.1) is 11.6 Å². The van der Waals surface area contributed by atoms with E-state index in [1.54, 1.807) is 0 Å². The molecule has 2 rings (SSSR count). The van der Waals surface area contributed by atoms with Crippen molar-refractivity contribution in [3.63, 3.8) is 0 Å². The van der Waals surface area contributed by atoms with Crippen LogP contribution in [0.15, 0.2) is 24.3 Å². The summed E-state index contributed by atoms with van der Waals surface area (Å²) >= 11 is 5.66. The van der Waals surface area contributed by atoms with E-state index in [0.717, 1.165) is 6.07 Å². The fourth-order valence-electron chi connectivity index (χ4n) is 1.37. The molecule has 0 spiro atoms. The fourth-order valence-corrected chi connectivity index (χ4v) is 1.61. The molecule has 0 aliphatic heterocycles. The van der Waals surface area contributed by atoms with Crippen LogP contribution in [0.2, 0.25) is 5.02 Å². The summed E-state index contributed by atoms with van der Waals surface area (Å²) in [5.74, 6) is 2.78. The number of halogens is 3. The maximum Gasteiger partial charge on any atom is 0.276 e. The van der Waals surface area contributed by atoms with Crippen LogP contribution in [0.5, 0.6) is 0 Å². The number of nitrogens with two attached hydrogens (primary N) is 1. The Labute approximate surface area is 116 Å². The number of benzene rings is 1. The summed E-state index contributed by atoms with van der Waals surface area (Å²) in [5, 5.41) is 9.10. The lowest BCUT2D eigenvalue weighted by Gasteiger charge is -2.08. The summed E-state index contributed by atoms with van der Waals surface area (Å²) in [4.78, 5) is 11.8. The molecule has 0 aliphatic rings. The summed E-state index contributed by atoms with van der Waals surface area (Å²) in [5.41, 5.74) is 1.83. The largest absolute Gasteiger partial charge is 0.317 e. The number of hydrazine groups is 1. The molecule has 0 bridgehead atoms. The molecule has 0 radical (unpaired) electrons. The molecule has 0 fully saturated rings. The summed E-state index contributed by atoms with van der Waals surface area (Å²) in [7, 11) is 0. The molecule has 0 aliphatic carbocycles. The summed E-state index contributed by atoms with van der Waals surface area (Å²) in [6, 6.07) is 4.22. The first-order chi connectivity index (χ1) is 9.51. The predicted molar refractivity (Wildman–Crippen MR) is 69.2 cm³/mol. The highest BCUT2D eigenvalue weighted by molar-refractivity contribution is 6.33. The zero-order chi connectivity index (χ0) is 14.7. The van der Waals surface area contributed by atoms with Gasteiger partial charge < -0.3 is 10.7 Å². The number of nitrogen functional groups attached to an aromatic ring is 1. The van der Waals surface area contributed by atoms with Crippen LogP contribution in [-0.2, 0) is 0 Å². The van der Waals surface area contributed by atoms with Crippen molar-refractivity contribution in [2.24, 2.45) is 5.84 Å². The first kappa shape index (κ1) is 14.1. The SMILES string of the molecule is NNc1ccc(C(=O)Nc2c(F)cc(F)cc2Cl)nn1. The van der Waals surface area contributed by atoms with Gasteiger partial charge in [0.25, 0.3) is 5.91 Å². The number of hydrogen-bond donors (Lipinski definition) is 3. The van der Waals surface area contributed by atoms with Crippen molar-refractivity contribution >= 4 is 29.0 Å². The molecule has 1 amide bonds. The third-order valence-corrected chi connectivity index (χ3v) is 2.59. The first-order valence-corrected chi connectivity index (χ1v) is 5.65. The first-order valence-electron chi connectivity index (χ1n) is 5.27. The average molecular weight is 300 g/mol. The Balaban J connectivity index is 2.23. The quantitative estimate of drug-likeness (QED) is 0.595. The minimum Gasteiger partial charge on any atom is -0.317 e. The molecular weight excluding hydrogens is 292 g/mol. The number of nitrogens with zero attached hydrogens (tertiary/aromatic N) is 2. The highest BCUT2D eigenvalue weighted by Crippen LogP contribution is 2.26. The topological polar surface area (TPSA) is 92.9 Å². The van der Waals surface area contributed by atoms with E-state index in [1.165, 1.54) is 12.1 Å². The second kappa shape index (κ2) is 5.76. The van der Waals surface area contributed by atoms with Gasteiger partial charge in [0.05, 0.1) is 10.7 Å². The Morgan fingerprint density at radius 3 is 2.55 bits per heavy atom. The minimum absolute atomic E-state index is 0.0798. The number of amides is 1. The van der Waals surface area contributed by atoms with Crippen molar-refractivity contribution < 1.29 is 13.6 Å². The number of nitrogens with one attached hydrogen (secondary N) is 2. The van der Waals surface area contributed by atoms with E-state index in [-0.39, 0.29) is 22.2 Å². The van der Waals surface area contributed by atoms with Crippen molar-refractivity contribution in [3.8, 4) is 0 Å². The number of carbonyl (C=O) groups excluding carboxylic acids is 1. The van der Waals surface area contributed by atoms with Gasteiger partial charge in [-0.25, -0.2) is 14.6 Å².